The van der Waals surface area contributed by atoms with E-state index in [9.17, 15) is 4.79 Å². The number of benzene rings is 1. The van der Waals surface area contributed by atoms with Crippen molar-refractivity contribution in [1.29, 1.82) is 0 Å². The van der Waals surface area contributed by atoms with Crippen molar-refractivity contribution in [2.75, 3.05) is 35.2 Å². The number of ether oxygens (including phenoxy) is 1. The molecule has 1 aromatic carbocycles. The third-order valence-corrected chi connectivity index (χ3v) is 5.69. The summed E-state index contributed by atoms with van der Waals surface area (Å²) in [5, 5.41) is 6.04. The lowest BCUT2D eigenvalue weighted by Crippen LogP contribution is -2.22. The Morgan fingerprint density at radius 2 is 1.67 bits per heavy atom. The Kier molecular flexibility index (Phi) is 11.6. The van der Waals surface area contributed by atoms with Gasteiger partial charge in [0.2, 0.25) is 5.91 Å². The number of pyridine rings is 1. The van der Waals surface area contributed by atoms with E-state index in [4.69, 9.17) is 4.74 Å². The van der Waals surface area contributed by atoms with Crippen LogP contribution in [-0.2, 0) is 4.79 Å². The lowest BCUT2D eigenvalue weighted by Gasteiger charge is -2.17. The Morgan fingerprint density at radius 3 is 2.24 bits per heavy atom. The number of amides is 1. The molecular weight excluding hydrogens is 412 g/mol. The molecule has 33 heavy (non-hydrogen) atoms. The van der Waals surface area contributed by atoms with Crippen LogP contribution in [0.25, 0.3) is 0 Å². The van der Waals surface area contributed by atoms with Crippen LogP contribution < -0.4 is 20.3 Å². The SMILES string of the molecule is CC.CC.CC1CCN(c2ccc(NC(=O)CNc3ccc(OC4CCCC4)cc3)cn2)C1. The molecule has 6 nitrogen and oxygen atoms in total. The molecule has 2 heterocycles. The van der Waals surface area contributed by atoms with E-state index in [1.54, 1.807) is 6.20 Å². The van der Waals surface area contributed by atoms with Crippen LogP contribution in [0.1, 0.15) is 66.7 Å². The minimum atomic E-state index is -0.0966. The highest BCUT2D eigenvalue weighted by Crippen LogP contribution is 2.25. The van der Waals surface area contributed by atoms with Gasteiger partial charge in [-0.05, 0) is 74.4 Å². The Labute approximate surface area is 200 Å². The van der Waals surface area contributed by atoms with Crippen LogP contribution >= 0.6 is 0 Å². The fourth-order valence-corrected chi connectivity index (χ4v) is 4.03. The fraction of sp³-hybridized carbons (Fsp3) is 0.556. The number of aromatic nitrogens is 1. The van der Waals surface area contributed by atoms with E-state index in [0.717, 1.165) is 43.2 Å². The number of anilines is 3. The van der Waals surface area contributed by atoms with Gasteiger partial charge in [0, 0.05) is 18.8 Å². The zero-order chi connectivity index (χ0) is 24.1. The highest BCUT2D eigenvalue weighted by molar-refractivity contribution is 5.93. The Bertz CT molecular complexity index is 802. The van der Waals surface area contributed by atoms with Crippen molar-refractivity contribution in [3.63, 3.8) is 0 Å². The average molecular weight is 455 g/mol. The molecule has 0 spiro atoms. The summed E-state index contributed by atoms with van der Waals surface area (Å²) >= 11 is 0. The molecule has 1 amide bonds. The third kappa shape index (κ3) is 8.60. The van der Waals surface area contributed by atoms with Crippen LogP contribution in [0.4, 0.5) is 17.2 Å². The molecule has 1 aromatic heterocycles. The number of hydrogen-bond acceptors (Lipinski definition) is 5. The summed E-state index contributed by atoms with van der Waals surface area (Å²) in [5.41, 5.74) is 1.61. The van der Waals surface area contributed by atoms with Crippen molar-refractivity contribution in [3.8, 4) is 5.75 Å². The van der Waals surface area contributed by atoms with Gasteiger partial charge in [0.25, 0.3) is 0 Å². The first kappa shape index (κ1) is 26.5. The summed E-state index contributed by atoms with van der Waals surface area (Å²) in [4.78, 5) is 19.0. The highest BCUT2D eigenvalue weighted by Gasteiger charge is 2.19. The topological polar surface area (TPSA) is 66.5 Å². The Hall–Kier alpha value is -2.76. The molecular formula is C27H42N4O2. The van der Waals surface area contributed by atoms with Gasteiger partial charge in [-0.2, -0.15) is 0 Å². The van der Waals surface area contributed by atoms with Gasteiger partial charge in [-0.25, -0.2) is 4.98 Å². The Balaban J connectivity index is 0.000000914. The second-order valence-corrected chi connectivity index (χ2v) is 8.20. The van der Waals surface area contributed by atoms with Gasteiger partial charge in [-0.3, -0.25) is 4.79 Å². The van der Waals surface area contributed by atoms with Crippen molar-refractivity contribution in [3.05, 3.63) is 42.6 Å². The highest BCUT2D eigenvalue weighted by atomic mass is 16.5. The summed E-state index contributed by atoms with van der Waals surface area (Å²) in [7, 11) is 0. The first-order valence-electron chi connectivity index (χ1n) is 12.7. The van der Waals surface area contributed by atoms with E-state index in [1.807, 2.05) is 64.1 Å². The number of carbonyl (C=O) groups excluding carboxylic acids is 1. The number of carbonyl (C=O) groups is 1. The maximum Gasteiger partial charge on any atom is 0.243 e. The molecule has 1 saturated heterocycles. The van der Waals surface area contributed by atoms with E-state index in [0.29, 0.717) is 17.7 Å². The molecule has 0 bridgehead atoms. The van der Waals surface area contributed by atoms with Gasteiger partial charge in [-0.1, -0.05) is 34.6 Å². The van der Waals surface area contributed by atoms with Gasteiger partial charge in [0.1, 0.15) is 11.6 Å². The maximum atomic E-state index is 12.2. The van der Waals surface area contributed by atoms with Crippen LogP contribution in [0, 0.1) is 5.92 Å². The van der Waals surface area contributed by atoms with Crippen LogP contribution in [0.15, 0.2) is 42.6 Å². The second-order valence-electron chi connectivity index (χ2n) is 8.20. The largest absolute Gasteiger partial charge is 0.490 e. The van der Waals surface area contributed by atoms with E-state index in [2.05, 4.69) is 27.4 Å². The molecule has 2 aliphatic rings. The monoisotopic (exact) mass is 454 g/mol. The average Bonchev–Trinajstić information content (AvgIpc) is 3.54. The summed E-state index contributed by atoms with van der Waals surface area (Å²) in [6, 6.07) is 11.7. The van der Waals surface area contributed by atoms with Gasteiger partial charge in [-0.15, -0.1) is 0 Å². The molecule has 182 valence electrons. The molecule has 2 aromatic rings. The van der Waals surface area contributed by atoms with Crippen molar-refractivity contribution in [1.82, 2.24) is 4.98 Å². The van der Waals surface area contributed by atoms with E-state index < -0.39 is 0 Å². The predicted molar refractivity (Wildman–Crippen MR) is 139 cm³/mol. The van der Waals surface area contributed by atoms with Gasteiger partial charge in [0.05, 0.1) is 24.5 Å². The van der Waals surface area contributed by atoms with Gasteiger partial charge >= 0.3 is 0 Å². The molecule has 1 saturated carbocycles. The molecule has 4 rings (SSSR count). The third-order valence-electron chi connectivity index (χ3n) is 5.69. The Morgan fingerprint density at radius 1 is 1.00 bits per heavy atom. The van der Waals surface area contributed by atoms with Crippen molar-refractivity contribution >= 4 is 23.1 Å². The number of nitrogens with zero attached hydrogens (tertiary/aromatic N) is 2. The van der Waals surface area contributed by atoms with Crippen LogP contribution in [0.2, 0.25) is 0 Å². The molecule has 2 fully saturated rings. The van der Waals surface area contributed by atoms with Crippen molar-refractivity contribution < 1.29 is 9.53 Å². The zero-order valence-corrected chi connectivity index (χ0v) is 21.1. The van der Waals surface area contributed by atoms with Crippen LogP contribution in [0.5, 0.6) is 5.75 Å². The lowest BCUT2D eigenvalue weighted by molar-refractivity contribution is -0.114. The number of rotatable bonds is 7. The molecule has 6 heteroatoms. The summed E-state index contributed by atoms with van der Waals surface area (Å²) in [6.45, 7) is 12.6. The normalized spacial score (nSPS) is 17.4. The van der Waals surface area contributed by atoms with Crippen molar-refractivity contribution in [2.45, 2.75) is 72.8 Å². The smallest absolute Gasteiger partial charge is 0.243 e. The molecule has 1 unspecified atom stereocenters. The van der Waals surface area contributed by atoms with Gasteiger partial charge < -0.3 is 20.3 Å². The standard InChI is InChI=1S/C23H30N4O2.2C2H6/c1-17-12-13-27(16-17)22-11-8-19(14-25-22)26-23(28)15-24-18-6-9-21(10-7-18)29-20-4-2-3-5-20;2*1-2/h6-11,14,17,20,24H,2-5,12-13,15-16H2,1H3,(H,26,28);2*1-2H3. The predicted octanol–water partition coefficient (Wildman–Crippen LogP) is 6.35. The zero-order valence-electron chi connectivity index (χ0n) is 21.1. The molecule has 1 atom stereocenters. The first-order valence-corrected chi connectivity index (χ1v) is 12.7. The summed E-state index contributed by atoms with van der Waals surface area (Å²) in [6.07, 6.45) is 8.10. The molecule has 2 N–H and O–H groups in total. The summed E-state index contributed by atoms with van der Waals surface area (Å²) < 4.78 is 5.97. The molecule has 1 aliphatic carbocycles. The second kappa shape index (κ2) is 14.4. The lowest BCUT2D eigenvalue weighted by atomic mass is 10.2. The van der Waals surface area contributed by atoms with E-state index in [-0.39, 0.29) is 12.5 Å². The van der Waals surface area contributed by atoms with Crippen LogP contribution in [-0.4, -0.2) is 36.6 Å². The minimum absolute atomic E-state index is 0.0966. The van der Waals surface area contributed by atoms with Crippen LogP contribution in [0.3, 0.4) is 0 Å². The molecule has 1 aliphatic heterocycles. The van der Waals surface area contributed by atoms with Gasteiger partial charge in [0.15, 0.2) is 0 Å². The minimum Gasteiger partial charge on any atom is -0.490 e. The number of nitrogens with one attached hydrogen (secondary N) is 2. The van der Waals surface area contributed by atoms with E-state index in [1.165, 1.54) is 19.3 Å². The first-order chi connectivity index (χ1) is 16.2. The quantitative estimate of drug-likeness (QED) is 0.510. The fourth-order valence-electron chi connectivity index (χ4n) is 4.03. The maximum absolute atomic E-state index is 12.2. The van der Waals surface area contributed by atoms with Crippen molar-refractivity contribution in [2.24, 2.45) is 5.92 Å². The molecule has 0 radical (unpaired) electrons. The number of hydrogen-bond donors (Lipinski definition) is 2. The van der Waals surface area contributed by atoms with E-state index >= 15 is 0 Å². The summed E-state index contributed by atoms with van der Waals surface area (Å²) in [5.74, 6) is 2.49.